The average Bonchev–Trinajstić information content (AvgIpc) is 2.41. The second kappa shape index (κ2) is 6.65. The quantitative estimate of drug-likeness (QED) is 0.722. The molecular weight excluding hydrogens is 178 g/mol. The van der Waals surface area contributed by atoms with E-state index in [4.69, 9.17) is 0 Å². The average molecular weight is 192 g/mol. The molecule has 0 aliphatic carbocycles. The molecule has 0 saturated carbocycles. The molecule has 0 spiro atoms. The molecule has 0 atom stereocenters. The number of halogens is 1. The Morgan fingerprint density at radius 2 is 2.36 bits per heavy atom. The molecular formula is C8H14ClNS. The zero-order valence-electron chi connectivity index (χ0n) is 6.67. The van der Waals surface area contributed by atoms with E-state index in [0.29, 0.717) is 0 Å². The highest BCUT2D eigenvalue weighted by atomic mass is 35.5. The molecule has 1 aromatic heterocycles. The van der Waals surface area contributed by atoms with E-state index in [2.05, 4.69) is 29.8 Å². The fraction of sp³-hybridized carbons (Fsp3) is 0.500. The minimum atomic E-state index is 0. The van der Waals surface area contributed by atoms with Gasteiger partial charge in [0.15, 0.2) is 0 Å². The summed E-state index contributed by atoms with van der Waals surface area (Å²) in [6.07, 6.45) is 1.21. The maximum absolute atomic E-state index is 3.35. The van der Waals surface area contributed by atoms with Gasteiger partial charge in [0.05, 0.1) is 0 Å². The van der Waals surface area contributed by atoms with Crippen LogP contribution in [0.5, 0.6) is 0 Å². The summed E-state index contributed by atoms with van der Waals surface area (Å²) in [4.78, 5) is 1.42. The summed E-state index contributed by atoms with van der Waals surface area (Å²) in [5.41, 5.74) is 0. The van der Waals surface area contributed by atoms with Crippen LogP contribution in [0.15, 0.2) is 17.5 Å². The third-order valence-corrected chi connectivity index (χ3v) is 2.18. The highest BCUT2D eigenvalue weighted by Gasteiger charge is 1.89. The van der Waals surface area contributed by atoms with Gasteiger partial charge < -0.3 is 5.32 Å². The van der Waals surface area contributed by atoms with E-state index in [1.165, 1.54) is 11.3 Å². The van der Waals surface area contributed by atoms with Crippen LogP contribution in [0.4, 0.5) is 0 Å². The Morgan fingerprint density at radius 3 is 2.91 bits per heavy atom. The number of hydrogen-bond donors (Lipinski definition) is 1. The lowest BCUT2D eigenvalue weighted by molar-refractivity contribution is 0.681. The zero-order valence-corrected chi connectivity index (χ0v) is 8.30. The SMILES string of the molecule is CCCNCc1cccs1.Cl. The minimum Gasteiger partial charge on any atom is -0.312 e. The van der Waals surface area contributed by atoms with E-state index in [1.807, 2.05) is 11.3 Å². The molecule has 1 N–H and O–H groups in total. The molecule has 0 saturated heterocycles. The lowest BCUT2D eigenvalue weighted by Crippen LogP contribution is -2.12. The van der Waals surface area contributed by atoms with E-state index in [9.17, 15) is 0 Å². The normalized spacial score (nSPS) is 9.18. The molecule has 0 fully saturated rings. The first kappa shape index (κ1) is 11.0. The van der Waals surface area contributed by atoms with Crippen LogP contribution in [-0.2, 0) is 6.54 Å². The first-order valence-corrected chi connectivity index (χ1v) is 4.54. The van der Waals surface area contributed by atoms with Crippen molar-refractivity contribution in [2.24, 2.45) is 0 Å². The Labute approximate surface area is 78.2 Å². The summed E-state index contributed by atoms with van der Waals surface area (Å²) >= 11 is 1.81. The van der Waals surface area contributed by atoms with Gasteiger partial charge in [-0.15, -0.1) is 23.7 Å². The van der Waals surface area contributed by atoms with Crippen LogP contribution in [0.2, 0.25) is 0 Å². The van der Waals surface area contributed by atoms with Gasteiger partial charge in [0.1, 0.15) is 0 Å². The van der Waals surface area contributed by atoms with Crippen molar-refractivity contribution in [3.8, 4) is 0 Å². The number of hydrogen-bond acceptors (Lipinski definition) is 2. The highest BCUT2D eigenvalue weighted by molar-refractivity contribution is 7.09. The summed E-state index contributed by atoms with van der Waals surface area (Å²) in [6, 6.07) is 4.25. The van der Waals surface area contributed by atoms with E-state index in [-0.39, 0.29) is 12.4 Å². The largest absolute Gasteiger partial charge is 0.312 e. The van der Waals surface area contributed by atoms with Crippen molar-refractivity contribution in [2.45, 2.75) is 19.9 Å². The van der Waals surface area contributed by atoms with Gasteiger partial charge in [-0.05, 0) is 24.4 Å². The van der Waals surface area contributed by atoms with Crippen LogP contribution < -0.4 is 5.32 Å². The van der Waals surface area contributed by atoms with Crippen LogP contribution >= 0.6 is 23.7 Å². The maximum Gasteiger partial charge on any atom is 0.0299 e. The molecule has 0 aliphatic rings. The molecule has 1 rings (SSSR count). The molecule has 1 heterocycles. The van der Waals surface area contributed by atoms with Gasteiger partial charge >= 0.3 is 0 Å². The minimum absolute atomic E-state index is 0. The van der Waals surface area contributed by atoms with Crippen molar-refractivity contribution in [1.82, 2.24) is 5.32 Å². The molecule has 11 heavy (non-hydrogen) atoms. The van der Waals surface area contributed by atoms with Crippen molar-refractivity contribution < 1.29 is 0 Å². The lowest BCUT2D eigenvalue weighted by atomic mass is 10.4. The maximum atomic E-state index is 3.35. The first-order chi connectivity index (χ1) is 4.93. The van der Waals surface area contributed by atoms with Crippen LogP contribution in [0.3, 0.4) is 0 Å². The third kappa shape index (κ3) is 4.40. The smallest absolute Gasteiger partial charge is 0.0299 e. The van der Waals surface area contributed by atoms with Crippen molar-refractivity contribution in [2.75, 3.05) is 6.54 Å². The third-order valence-electron chi connectivity index (χ3n) is 1.31. The fourth-order valence-corrected chi connectivity index (χ4v) is 1.48. The van der Waals surface area contributed by atoms with E-state index in [1.54, 1.807) is 0 Å². The summed E-state index contributed by atoms with van der Waals surface area (Å²) in [5.74, 6) is 0. The molecule has 0 bridgehead atoms. The predicted molar refractivity (Wildman–Crippen MR) is 53.6 cm³/mol. The van der Waals surface area contributed by atoms with Gasteiger partial charge in [-0.25, -0.2) is 0 Å². The second-order valence-electron chi connectivity index (χ2n) is 2.26. The summed E-state index contributed by atoms with van der Waals surface area (Å²) in [5, 5.41) is 5.46. The Kier molecular flexibility index (Phi) is 6.62. The number of nitrogens with one attached hydrogen (secondary N) is 1. The molecule has 1 nitrogen and oxygen atoms in total. The van der Waals surface area contributed by atoms with E-state index >= 15 is 0 Å². The molecule has 0 unspecified atom stereocenters. The van der Waals surface area contributed by atoms with E-state index in [0.717, 1.165) is 13.1 Å². The van der Waals surface area contributed by atoms with Gasteiger partial charge in [-0.1, -0.05) is 13.0 Å². The molecule has 0 aliphatic heterocycles. The Bertz CT molecular complexity index is 163. The molecule has 0 amide bonds. The van der Waals surface area contributed by atoms with Crippen molar-refractivity contribution in [3.05, 3.63) is 22.4 Å². The molecule has 3 heteroatoms. The predicted octanol–water partition coefficient (Wildman–Crippen LogP) is 2.67. The van der Waals surface area contributed by atoms with Gasteiger partial charge in [-0.3, -0.25) is 0 Å². The van der Waals surface area contributed by atoms with Gasteiger partial charge in [-0.2, -0.15) is 0 Å². The lowest BCUT2D eigenvalue weighted by Gasteiger charge is -1.97. The van der Waals surface area contributed by atoms with Gasteiger partial charge in [0.25, 0.3) is 0 Å². The Hall–Kier alpha value is -0.0500. The van der Waals surface area contributed by atoms with Crippen LogP contribution in [0, 0.1) is 0 Å². The van der Waals surface area contributed by atoms with E-state index < -0.39 is 0 Å². The molecule has 1 aromatic rings. The topological polar surface area (TPSA) is 12.0 Å². The summed E-state index contributed by atoms with van der Waals surface area (Å²) in [7, 11) is 0. The Balaban J connectivity index is 0.000001000. The second-order valence-corrected chi connectivity index (χ2v) is 3.29. The first-order valence-electron chi connectivity index (χ1n) is 3.66. The Morgan fingerprint density at radius 1 is 1.55 bits per heavy atom. The van der Waals surface area contributed by atoms with Gasteiger partial charge in [0, 0.05) is 11.4 Å². The van der Waals surface area contributed by atoms with Crippen molar-refractivity contribution in [3.63, 3.8) is 0 Å². The summed E-state index contributed by atoms with van der Waals surface area (Å²) < 4.78 is 0. The molecule has 64 valence electrons. The fourth-order valence-electron chi connectivity index (χ4n) is 0.802. The number of thiophene rings is 1. The monoisotopic (exact) mass is 191 g/mol. The van der Waals surface area contributed by atoms with Crippen LogP contribution in [-0.4, -0.2) is 6.54 Å². The van der Waals surface area contributed by atoms with Crippen LogP contribution in [0.25, 0.3) is 0 Å². The standard InChI is InChI=1S/C8H13NS.ClH/c1-2-5-9-7-8-4-3-6-10-8;/h3-4,6,9H,2,5,7H2,1H3;1H. The van der Waals surface area contributed by atoms with Crippen molar-refractivity contribution in [1.29, 1.82) is 0 Å². The number of rotatable bonds is 4. The zero-order chi connectivity index (χ0) is 7.23. The van der Waals surface area contributed by atoms with Crippen LogP contribution in [0.1, 0.15) is 18.2 Å². The molecule has 0 aromatic carbocycles. The highest BCUT2D eigenvalue weighted by Crippen LogP contribution is 2.06. The van der Waals surface area contributed by atoms with Gasteiger partial charge in [0.2, 0.25) is 0 Å². The summed E-state index contributed by atoms with van der Waals surface area (Å²) in [6.45, 7) is 4.34. The van der Waals surface area contributed by atoms with Crippen molar-refractivity contribution >= 4 is 23.7 Å². The molecule has 0 radical (unpaired) electrons.